The van der Waals surface area contributed by atoms with Gasteiger partial charge < -0.3 is 20.3 Å². The molecule has 4 nitrogen and oxygen atoms in total. The molecule has 0 amide bonds. The lowest BCUT2D eigenvalue weighted by molar-refractivity contribution is 0.106. The summed E-state index contributed by atoms with van der Waals surface area (Å²) in [5, 5.41) is -0.150. The Morgan fingerprint density at radius 1 is 0.885 bits per heavy atom. The van der Waals surface area contributed by atoms with Crippen molar-refractivity contribution < 1.29 is 8.85 Å². The van der Waals surface area contributed by atoms with Crippen molar-refractivity contribution in [3.63, 3.8) is 0 Å². The van der Waals surface area contributed by atoms with E-state index in [1.807, 2.05) is 0 Å². The average molecular weight is 421 g/mol. The minimum atomic E-state index is -2.05. The Bertz CT molecular complexity index is 406. The van der Waals surface area contributed by atoms with E-state index in [-0.39, 0.29) is 5.22 Å². The summed E-state index contributed by atoms with van der Waals surface area (Å²) in [6, 6.07) is 2.37. The molecule has 1 unspecified atom stereocenters. The van der Waals surface area contributed by atoms with Gasteiger partial charge in [-0.25, -0.2) is 0 Å². The van der Waals surface area contributed by atoms with Crippen LogP contribution >= 0.6 is 0 Å². The van der Waals surface area contributed by atoms with Crippen LogP contribution in [0, 0.1) is 0 Å². The van der Waals surface area contributed by atoms with E-state index >= 15 is 0 Å². The minimum absolute atomic E-state index is 0.150. The first kappa shape index (κ1) is 26.5. The molecule has 158 valence electrons. The Morgan fingerprint density at radius 3 is 1.81 bits per heavy atom. The molecule has 0 saturated carbocycles. The predicted molar refractivity (Wildman–Crippen MR) is 124 cm³/mol. The van der Waals surface area contributed by atoms with Gasteiger partial charge in [-0.05, 0) is 77.9 Å². The van der Waals surface area contributed by atoms with Crippen LogP contribution in [-0.4, -0.2) is 48.7 Å². The topological polar surface area (TPSA) is 70.5 Å². The Labute approximate surface area is 167 Å². The summed E-state index contributed by atoms with van der Waals surface area (Å²) >= 11 is 0. The zero-order valence-corrected chi connectivity index (χ0v) is 22.2. The van der Waals surface area contributed by atoms with Gasteiger partial charge in [0.25, 0.3) is 0 Å². The number of hydrogen-bond donors (Lipinski definition) is 2. The Kier molecular flexibility index (Phi) is 11.1. The van der Waals surface area contributed by atoms with Crippen molar-refractivity contribution in [2.75, 3.05) is 13.1 Å². The Hall–Kier alpha value is 0.491. The normalized spacial score (nSPS) is 17.2. The monoisotopic (exact) mass is 420 g/mol. The van der Waals surface area contributed by atoms with E-state index in [4.69, 9.17) is 20.3 Å². The molecule has 0 fully saturated rings. The first-order valence-electron chi connectivity index (χ1n) is 10.6. The average Bonchev–Trinajstić information content (AvgIpc) is 2.55. The second-order valence-electron chi connectivity index (χ2n) is 9.74. The van der Waals surface area contributed by atoms with Crippen molar-refractivity contribution >= 4 is 24.7 Å². The smallest absolute Gasteiger partial charge is 0.216 e. The van der Waals surface area contributed by atoms with Crippen LogP contribution in [0.1, 0.15) is 46.5 Å². The molecule has 2 atom stereocenters. The van der Waals surface area contributed by atoms with E-state index in [9.17, 15) is 0 Å². The van der Waals surface area contributed by atoms with Crippen molar-refractivity contribution in [1.29, 1.82) is 0 Å². The molecule has 0 aromatic carbocycles. The molecule has 0 aliphatic rings. The van der Waals surface area contributed by atoms with Crippen LogP contribution < -0.4 is 11.5 Å². The highest BCUT2D eigenvalue weighted by atomic mass is 28.4. The van der Waals surface area contributed by atoms with E-state index in [1.54, 1.807) is 0 Å². The van der Waals surface area contributed by atoms with Gasteiger partial charge in [-0.15, -0.1) is 0 Å². The predicted octanol–water partition coefficient (Wildman–Crippen LogP) is 4.86. The first-order chi connectivity index (χ1) is 11.8. The third-order valence-corrected chi connectivity index (χ3v) is 16.9. The third kappa shape index (κ3) is 7.85. The van der Waals surface area contributed by atoms with Crippen LogP contribution in [0.2, 0.25) is 51.4 Å². The van der Waals surface area contributed by atoms with Gasteiger partial charge in [-0.1, -0.05) is 33.0 Å². The van der Waals surface area contributed by atoms with Gasteiger partial charge in [0.2, 0.25) is 8.32 Å². The lowest BCUT2D eigenvalue weighted by Crippen LogP contribution is -2.63. The third-order valence-electron chi connectivity index (χ3n) is 6.14. The summed E-state index contributed by atoms with van der Waals surface area (Å²) in [6.07, 6.45) is 4.26. The maximum Gasteiger partial charge on any atom is 0.216 e. The van der Waals surface area contributed by atoms with Gasteiger partial charge in [-0.2, -0.15) is 0 Å². The second kappa shape index (κ2) is 10.9. The highest BCUT2D eigenvalue weighted by Crippen LogP contribution is 2.36. The van der Waals surface area contributed by atoms with Crippen molar-refractivity contribution in [2.24, 2.45) is 11.5 Å². The number of nitrogens with two attached hydrogens (primary N) is 2. The van der Waals surface area contributed by atoms with Gasteiger partial charge >= 0.3 is 0 Å². The highest BCUT2D eigenvalue weighted by Gasteiger charge is 2.50. The summed E-state index contributed by atoms with van der Waals surface area (Å²) in [7, 11) is -5.27. The number of rotatable bonds is 14. The van der Waals surface area contributed by atoms with Crippen molar-refractivity contribution in [3.8, 4) is 0 Å². The standard InChI is InChI=1S/C19H48N2O2Si3/c1-10-18(24(4,5)16-12-14-20)22-26(8,9)19(3,11-2)23-25(6,7)17-13-15-21/h18H,10-17,20-21H2,1-9H3/t18?,19-/m1/s1. The zero-order valence-electron chi connectivity index (χ0n) is 19.2. The molecule has 4 N–H and O–H groups in total. The van der Waals surface area contributed by atoms with Crippen LogP contribution in [0.4, 0.5) is 0 Å². The summed E-state index contributed by atoms with van der Waals surface area (Å²) in [4.78, 5) is 0. The molecular formula is C19H48N2O2Si3. The fourth-order valence-electron chi connectivity index (χ4n) is 3.80. The molecule has 0 spiro atoms. The van der Waals surface area contributed by atoms with Gasteiger partial charge in [0.05, 0.1) is 13.3 Å². The van der Waals surface area contributed by atoms with Crippen LogP contribution in [-0.2, 0) is 8.85 Å². The Morgan fingerprint density at radius 2 is 1.38 bits per heavy atom. The molecule has 0 aliphatic heterocycles. The molecule has 0 bridgehead atoms. The minimum Gasteiger partial charge on any atom is -0.415 e. The highest BCUT2D eigenvalue weighted by molar-refractivity contribution is 6.81. The first-order valence-corrected chi connectivity index (χ1v) is 19.9. The van der Waals surface area contributed by atoms with Crippen molar-refractivity contribution in [3.05, 3.63) is 0 Å². The SMILES string of the molecule is CCC(O[Si](C)(C)[C@](C)(CC)O[Si](C)(C)CCCN)[Si](C)(C)CCCN. The van der Waals surface area contributed by atoms with Crippen LogP contribution in [0.25, 0.3) is 0 Å². The van der Waals surface area contributed by atoms with Gasteiger partial charge in [0, 0.05) is 5.73 Å². The largest absolute Gasteiger partial charge is 0.415 e. The van der Waals surface area contributed by atoms with E-state index < -0.39 is 24.7 Å². The van der Waals surface area contributed by atoms with E-state index in [0.717, 1.165) is 44.8 Å². The fourth-order valence-corrected chi connectivity index (χ4v) is 14.8. The molecule has 0 radical (unpaired) electrons. The Balaban J connectivity index is 5.37. The molecular weight excluding hydrogens is 372 g/mol. The van der Waals surface area contributed by atoms with E-state index in [1.165, 1.54) is 6.04 Å². The van der Waals surface area contributed by atoms with E-state index in [0.29, 0.717) is 5.73 Å². The summed E-state index contributed by atoms with van der Waals surface area (Å²) < 4.78 is 13.9. The van der Waals surface area contributed by atoms with Gasteiger partial charge in [-0.3, -0.25) is 0 Å². The van der Waals surface area contributed by atoms with Crippen molar-refractivity contribution in [1.82, 2.24) is 0 Å². The molecule has 0 aromatic rings. The molecule has 0 heterocycles. The molecule has 0 aliphatic carbocycles. The van der Waals surface area contributed by atoms with Crippen LogP contribution in [0.15, 0.2) is 0 Å². The summed E-state index contributed by atoms with van der Waals surface area (Å²) in [5.74, 6) is 0. The molecule has 0 aromatic heterocycles. The van der Waals surface area contributed by atoms with Crippen LogP contribution in [0.3, 0.4) is 0 Å². The van der Waals surface area contributed by atoms with Gasteiger partial charge in [0.15, 0.2) is 8.32 Å². The lowest BCUT2D eigenvalue weighted by atomic mass is 10.3. The van der Waals surface area contributed by atoms with E-state index in [2.05, 4.69) is 60.1 Å². The van der Waals surface area contributed by atoms with Crippen molar-refractivity contribution in [2.45, 2.75) is 109 Å². The lowest BCUT2D eigenvalue weighted by Gasteiger charge is -2.49. The molecule has 7 heteroatoms. The quantitative estimate of drug-likeness (QED) is 0.394. The fraction of sp³-hybridized carbons (Fsp3) is 1.00. The summed E-state index contributed by atoms with van der Waals surface area (Å²) in [5.41, 5.74) is 11.9. The molecule has 0 rings (SSSR count). The van der Waals surface area contributed by atoms with Gasteiger partial charge in [0.1, 0.15) is 0 Å². The summed E-state index contributed by atoms with van der Waals surface area (Å²) in [6.45, 7) is 22.7. The maximum atomic E-state index is 6.99. The van der Waals surface area contributed by atoms with Crippen LogP contribution in [0.5, 0.6) is 0 Å². The molecule has 26 heavy (non-hydrogen) atoms. The maximum absolute atomic E-state index is 6.99. The zero-order chi connectivity index (χ0) is 20.6. The molecule has 0 saturated heterocycles. The second-order valence-corrected chi connectivity index (χ2v) is 23.4. The number of hydrogen-bond acceptors (Lipinski definition) is 4.